The molecule has 0 bridgehead atoms. The van der Waals surface area contributed by atoms with Gasteiger partial charge in [-0.05, 0) is 6.07 Å². The summed E-state index contributed by atoms with van der Waals surface area (Å²) in [6.45, 7) is 0. The molecule has 0 spiro atoms. The van der Waals surface area contributed by atoms with E-state index in [0.29, 0.717) is 21.4 Å². The van der Waals surface area contributed by atoms with Crippen LogP contribution in [0.15, 0.2) is 16.5 Å². The number of aromatic nitrogens is 1. The van der Waals surface area contributed by atoms with Gasteiger partial charge in [-0.3, -0.25) is 0 Å². The highest BCUT2D eigenvalue weighted by atomic mass is 35.5. The lowest BCUT2D eigenvalue weighted by Crippen LogP contribution is -1.88. The van der Waals surface area contributed by atoms with Crippen molar-refractivity contribution in [3.05, 3.63) is 27.9 Å². The average Bonchev–Trinajstić information content (AvgIpc) is 2.83. The van der Waals surface area contributed by atoms with E-state index in [4.69, 9.17) is 37.6 Å². The van der Waals surface area contributed by atoms with Gasteiger partial charge in [0.25, 0.3) is 0 Å². The van der Waals surface area contributed by atoms with Crippen molar-refractivity contribution in [2.75, 3.05) is 19.5 Å². The molecule has 7 heteroatoms. The average molecular weight is 298 g/mol. The third kappa shape index (κ3) is 2.46. The zero-order valence-electron chi connectivity index (χ0n) is 10.1. The number of methoxy groups -OCH3 is 1. The molecule has 19 heavy (non-hydrogen) atoms. The Bertz CT molecular complexity index is 662. The van der Waals surface area contributed by atoms with Gasteiger partial charge in [-0.1, -0.05) is 23.2 Å². The number of hydrogen-bond acceptors (Lipinski definition) is 5. The van der Waals surface area contributed by atoms with Gasteiger partial charge in [0, 0.05) is 18.1 Å². The molecule has 1 aromatic heterocycles. The van der Waals surface area contributed by atoms with Crippen molar-refractivity contribution in [1.29, 1.82) is 5.26 Å². The van der Waals surface area contributed by atoms with Crippen molar-refractivity contribution >= 4 is 29.1 Å². The molecule has 0 radical (unpaired) electrons. The molecule has 98 valence electrons. The van der Waals surface area contributed by atoms with Gasteiger partial charge >= 0.3 is 0 Å². The molecule has 0 unspecified atom stereocenters. The highest BCUT2D eigenvalue weighted by molar-refractivity contribution is 6.36. The Morgan fingerprint density at radius 2 is 2.16 bits per heavy atom. The smallest absolute Gasteiger partial charge is 0.232 e. The van der Waals surface area contributed by atoms with Crippen molar-refractivity contribution in [3.63, 3.8) is 0 Å². The largest absolute Gasteiger partial charge is 0.495 e. The predicted octanol–water partition coefficient (Wildman–Crippen LogP) is 3.57. The minimum Gasteiger partial charge on any atom is -0.495 e. The van der Waals surface area contributed by atoms with Gasteiger partial charge in [-0.2, -0.15) is 10.2 Å². The maximum atomic E-state index is 8.94. The summed E-state index contributed by atoms with van der Waals surface area (Å²) in [5, 5.41) is 12.4. The van der Waals surface area contributed by atoms with Crippen LogP contribution in [0, 0.1) is 11.3 Å². The molecular weight excluding hydrogens is 289 g/mol. The molecule has 0 aliphatic carbocycles. The van der Waals surface area contributed by atoms with E-state index in [1.54, 1.807) is 19.2 Å². The Balaban J connectivity index is 2.62. The minimum atomic E-state index is 0.146. The normalized spacial score (nSPS) is 10.1. The fraction of sp³-hybridized carbons (Fsp3) is 0.167. The molecule has 0 saturated heterocycles. The third-order valence-corrected chi connectivity index (χ3v) is 3.02. The van der Waals surface area contributed by atoms with Crippen LogP contribution < -0.4 is 10.1 Å². The lowest BCUT2D eigenvalue weighted by molar-refractivity contribution is 0.415. The van der Waals surface area contributed by atoms with Crippen molar-refractivity contribution in [3.8, 4) is 23.3 Å². The maximum absolute atomic E-state index is 8.94. The highest BCUT2D eigenvalue weighted by Gasteiger charge is 2.18. The Hall–Kier alpha value is -1.90. The van der Waals surface area contributed by atoms with Crippen LogP contribution in [0.5, 0.6) is 5.75 Å². The number of benzene rings is 1. The van der Waals surface area contributed by atoms with E-state index in [1.165, 1.54) is 7.11 Å². The first-order valence-corrected chi connectivity index (χ1v) is 5.98. The number of halogens is 2. The van der Waals surface area contributed by atoms with Gasteiger partial charge < -0.3 is 14.5 Å². The number of oxazole rings is 1. The molecule has 0 atom stereocenters. The molecular formula is C12H9Cl2N3O2. The van der Waals surface area contributed by atoms with Crippen molar-refractivity contribution in [2.24, 2.45) is 0 Å². The van der Waals surface area contributed by atoms with Crippen molar-refractivity contribution in [2.45, 2.75) is 0 Å². The summed E-state index contributed by atoms with van der Waals surface area (Å²) in [5.74, 6) is 0.881. The second-order valence-electron chi connectivity index (χ2n) is 3.53. The molecule has 0 amide bonds. The van der Waals surface area contributed by atoms with Crippen molar-refractivity contribution < 1.29 is 9.15 Å². The molecule has 2 rings (SSSR count). The number of hydrogen-bond donors (Lipinski definition) is 1. The summed E-state index contributed by atoms with van der Waals surface area (Å²) in [6, 6.07) is 5.10. The van der Waals surface area contributed by atoms with E-state index in [2.05, 4.69) is 10.3 Å². The monoisotopic (exact) mass is 297 g/mol. The summed E-state index contributed by atoms with van der Waals surface area (Å²) >= 11 is 12.2. The van der Waals surface area contributed by atoms with E-state index in [0.717, 1.165) is 0 Å². The topological polar surface area (TPSA) is 71.1 Å². The summed E-state index contributed by atoms with van der Waals surface area (Å²) in [7, 11) is 3.11. The Kier molecular flexibility index (Phi) is 3.84. The number of nitrogens with one attached hydrogen (secondary N) is 1. The van der Waals surface area contributed by atoms with E-state index >= 15 is 0 Å². The fourth-order valence-corrected chi connectivity index (χ4v) is 2.02. The Labute approximate surface area is 119 Å². The van der Waals surface area contributed by atoms with Gasteiger partial charge in [0.05, 0.1) is 17.7 Å². The molecule has 1 heterocycles. The standard InChI is InChI=1S/C12H9Cl2N3O2/c1-16-12-8(5-15)17-11(19-12)7-3-6(13)4-9(18-2)10(7)14/h3-4,16H,1-2H3. The highest BCUT2D eigenvalue weighted by Crippen LogP contribution is 2.38. The van der Waals surface area contributed by atoms with Crippen LogP contribution in [0.3, 0.4) is 0 Å². The van der Waals surface area contributed by atoms with Crippen LogP contribution in [-0.2, 0) is 0 Å². The molecule has 0 saturated carbocycles. The molecule has 2 aromatic rings. The lowest BCUT2D eigenvalue weighted by Gasteiger charge is -2.06. The van der Waals surface area contributed by atoms with Crippen molar-refractivity contribution in [1.82, 2.24) is 4.98 Å². The van der Waals surface area contributed by atoms with E-state index in [1.807, 2.05) is 6.07 Å². The van der Waals surface area contributed by atoms with Gasteiger partial charge in [0.2, 0.25) is 17.5 Å². The summed E-state index contributed by atoms with van der Waals surface area (Å²) in [6.07, 6.45) is 0. The third-order valence-electron chi connectivity index (χ3n) is 2.41. The van der Waals surface area contributed by atoms with Crippen LogP contribution in [0.25, 0.3) is 11.5 Å². The molecule has 0 aliphatic rings. The van der Waals surface area contributed by atoms with Gasteiger partial charge in [0.15, 0.2) is 0 Å². The fourth-order valence-electron chi connectivity index (χ4n) is 1.55. The quantitative estimate of drug-likeness (QED) is 0.938. The zero-order chi connectivity index (χ0) is 14.0. The number of nitriles is 1. The van der Waals surface area contributed by atoms with Gasteiger partial charge in [-0.25, -0.2) is 0 Å². The first-order valence-electron chi connectivity index (χ1n) is 5.22. The summed E-state index contributed by atoms with van der Waals surface area (Å²) < 4.78 is 10.5. The number of anilines is 1. The minimum absolute atomic E-state index is 0.146. The molecule has 0 aliphatic heterocycles. The second kappa shape index (κ2) is 5.39. The van der Waals surface area contributed by atoms with E-state index < -0.39 is 0 Å². The number of ether oxygens (including phenoxy) is 1. The predicted molar refractivity (Wildman–Crippen MR) is 72.8 cm³/mol. The van der Waals surface area contributed by atoms with Crippen LogP contribution >= 0.6 is 23.2 Å². The van der Waals surface area contributed by atoms with Crippen LogP contribution in [0.4, 0.5) is 5.88 Å². The van der Waals surface area contributed by atoms with E-state index in [9.17, 15) is 0 Å². The summed E-state index contributed by atoms with van der Waals surface area (Å²) in [5.41, 5.74) is 0.608. The van der Waals surface area contributed by atoms with E-state index in [-0.39, 0.29) is 17.5 Å². The lowest BCUT2D eigenvalue weighted by atomic mass is 10.2. The first-order chi connectivity index (χ1) is 9.10. The SMILES string of the molecule is CNc1oc(-c2cc(Cl)cc(OC)c2Cl)nc1C#N. The molecule has 5 nitrogen and oxygen atoms in total. The first kappa shape index (κ1) is 13.5. The summed E-state index contributed by atoms with van der Waals surface area (Å²) in [4.78, 5) is 4.06. The Morgan fingerprint density at radius 1 is 1.42 bits per heavy atom. The molecule has 1 aromatic carbocycles. The van der Waals surface area contributed by atoms with Gasteiger partial charge in [0.1, 0.15) is 11.8 Å². The number of nitrogens with zero attached hydrogens (tertiary/aromatic N) is 2. The number of rotatable bonds is 3. The van der Waals surface area contributed by atoms with Gasteiger partial charge in [-0.15, -0.1) is 0 Å². The zero-order valence-corrected chi connectivity index (χ0v) is 11.6. The molecule has 0 fully saturated rings. The second-order valence-corrected chi connectivity index (χ2v) is 4.34. The van der Waals surface area contributed by atoms with Crippen LogP contribution in [-0.4, -0.2) is 19.1 Å². The van der Waals surface area contributed by atoms with Crippen LogP contribution in [0.2, 0.25) is 10.0 Å². The Morgan fingerprint density at radius 3 is 2.68 bits per heavy atom. The van der Waals surface area contributed by atoms with Crippen LogP contribution in [0.1, 0.15) is 5.69 Å². The molecule has 1 N–H and O–H groups in total. The maximum Gasteiger partial charge on any atom is 0.232 e.